The first-order chi connectivity index (χ1) is 22.5. The van der Waals surface area contributed by atoms with Gasteiger partial charge in [0.25, 0.3) is 11.8 Å². The van der Waals surface area contributed by atoms with E-state index < -0.39 is 0 Å². The summed E-state index contributed by atoms with van der Waals surface area (Å²) in [7, 11) is 2.06. The van der Waals surface area contributed by atoms with Crippen molar-refractivity contribution in [1.29, 1.82) is 0 Å². The third-order valence-electron chi connectivity index (χ3n) is 9.15. The zero-order chi connectivity index (χ0) is 32.1. The van der Waals surface area contributed by atoms with Crippen molar-refractivity contribution in [3.8, 4) is 11.1 Å². The maximum Gasteiger partial charge on any atom is 0.411 e. The second-order valence-corrected chi connectivity index (χ2v) is 12.6. The van der Waals surface area contributed by atoms with Crippen molar-refractivity contribution in [3.63, 3.8) is 0 Å². The molecule has 8 heteroatoms. The summed E-state index contributed by atoms with van der Waals surface area (Å²) in [6, 6.07) is 25.0. The number of nitrogens with zero attached hydrogens (tertiary/aromatic N) is 3. The van der Waals surface area contributed by atoms with Gasteiger partial charge in [-0.15, -0.1) is 0 Å². The zero-order valence-electron chi connectivity index (χ0n) is 27.2. The molecule has 1 fully saturated rings. The highest BCUT2D eigenvalue weighted by atomic mass is 16.6. The van der Waals surface area contributed by atoms with Gasteiger partial charge in [-0.25, -0.2) is 4.79 Å². The Labute approximate surface area is 273 Å². The highest BCUT2D eigenvalue weighted by molar-refractivity contribution is 6.21. The molecule has 0 spiro atoms. The Kier molecular flexibility index (Phi) is 12.4. The van der Waals surface area contributed by atoms with Crippen LogP contribution in [0.25, 0.3) is 11.1 Å². The Morgan fingerprint density at radius 2 is 1.28 bits per heavy atom. The third kappa shape index (κ3) is 9.27. The fraction of sp³-hybridized carbons (Fsp3) is 0.447. The van der Waals surface area contributed by atoms with E-state index in [1.165, 1.54) is 43.4 Å². The number of ether oxygens (including phenoxy) is 1. The summed E-state index contributed by atoms with van der Waals surface area (Å²) >= 11 is 0. The number of carbonyl (C=O) groups excluding carboxylic acids is 3. The third-order valence-corrected chi connectivity index (χ3v) is 9.15. The number of hydrogen-bond acceptors (Lipinski definition) is 6. The number of nitrogens with one attached hydrogen (secondary N) is 1. The van der Waals surface area contributed by atoms with Crippen LogP contribution in [0, 0.1) is 0 Å². The van der Waals surface area contributed by atoms with Crippen LogP contribution in [-0.2, 0) is 4.74 Å². The van der Waals surface area contributed by atoms with Gasteiger partial charge < -0.3 is 14.5 Å². The lowest BCUT2D eigenvalue weighted by Crippen LogP contribution is -2.38. The van der Waals surface area contributed by atoms with E-state index in [1.807, 2.05) is 54.6 Å². The largest absolute Gasteiger partial charge is 0.446 e. The SMILES string of the molecule is CN(CCCCCCCCCN1CCC(OC(=O)Nc2ccccc2-c2ccccc2)CC1)CCN1C(=O)c2ccccc2C1=O. The number of amides is 3. The number of imide groups is 1. The van der Waals surface area contributed by atoms with Gasteiger partial charge in [0.2, 0.25) is 0 Å². The molecule has 0 aromatic heterocycles. The van der Waals surface area contributed by atoms with Crippen molar-refractivity contribution in [2.45, 2.75) is 63.9 Å². The number of anilines is 1. The summed E-state index contributed by atoms with van der Waals surface area (Å²) in [4.78, 5) is 43.8. The minimum atomic E-state index is -0.380. The summed E-state index contributed by atoms with van der Waals surface area (Å²) < 4.78 is 5.79. The van der Waals surface area contributed by atoms with Crippen LogP contribution >= 0.6 is 0 Å². The summed E-state index contributed by atoms with van der Waals surface area (Å²) in [6.07, 6.45) is 9.90. The van der Waals surface area contributed by atoms with Crippen molar-refractivity contribution >= 4 is 23.6 Å². The molecule has 1 saturated heterocycles. The minimum absolute atomic E-state index is 0.0403. The number of carbonyl (C=O) groups is 3. The molecule has 0 unspecified atom stereocenters. The van der Waals surface area contributed by atoms with Crippen LogP contribution < -0.4 is 5.32 Å². The van der Waals surface area contributed by atoms with Crippen LogP contribution in [0.2, 0.25) is 0 Å². The van der Waals surface area contributed by atoms with E-state index in [4.69, 9.17) is 4.74 Å². The molecule has 0 saturated carbocycles. The van der Waals surface area contributed by atoms with Gasteiger partial charge in [-0.05, 0) is 69.6 Å². The normalized spacial score (nSPS) is 15.4. The van der Waals surface area contributed by atoms with E-state index in [0.29, 0.717) is 24.2 Å². The first-order valence-electron chi connectivity index (χ1n) is 17.0. The predicted molar refractivity (Wildman–Crippen MR) is 183 cm³/mol. The van der Waals surface area contributed by atoms with E-state index in [-0.39, 0.29) is 24.0 Å². The molecule has 3 aromatic rings. The van der Waals surface area contributed by atoms with Crippen molar-refractivity contribution < 1.29 is 19.1 Å². The molecule has 2 heterocycles. The molecule has 244 valence electrons. The van der Waals surface area contributed by atoms with Crippen LogP contribution in [0.3, 0.4) is 0 Å². The number of unbranched alkanes of at least 4 members (excludes halogenated alkanes) is 6. The number of para-hydroxylation sites is 1. The molecule has 3 amide bonds. The second-order valence-electron chi connectivity index (χ2n) is 12.6. The Balaban J connectivity index is 0.862. The molecule has 0 radical (unpaired) electrons. The Morgan fingerprint density at radius 1 is 0.717 bits per heavy atom. The molecule has 0 atom stereocenters. The van der Waals surface area contributed by atoms with Gasteiger partial charge in [0.15, 0.2) is 0 Å². The van der Waals surface area contributed by atoms with E-state index >= 15 is 0 Å². The standard InChI is InChI=1S/C38H48N4O4/c1-40(28-29-42-36(43)33-19-10-11-20-34(33)37(42)44)24-14-5-3-2-4-6-15-25-41-26-22-31(23-27-41)46-38(45)39-35-21-13-12-18-32(35)30-16-8-7-9-17-30/h7-13,16-21,31H,2-6,14-15,22-29H2,1H3,(H,39,45). The number of benzene rings is 3. The first kappa shape index (κ1) is 33.4. The molecule has 46 heavy (non-hydrogen) atoms. The van der Waals surface area contributed by atoms with Crippen LogP contribution in [-0.4, -0.2) is 85.0 Å². The average Bonchev–Trinajstić information content (AvgIpc) is 3.32. The Morgan fingerprint density at radius 3 is 1.96 bits per heavy atom. The molecule has 2 aliphatic heterocycles. The number of likely N-dealkylation sites (tertiary alicyclic amines) is 1. The molecular formula is C38H48N4O4. The quantitative estimate of drug-likeness (QED) is 0.133. The van der Waals surface area contributed by atoms with Crippen LogP contribution in [0.15, 0.2) is 78.9 Å². The lowest BCUT2D eigenvalue weighted by atomic mass is 10.0. The maximum atomic E-state index is 12.7. The van der Waals surface area contributed by atoms with E-state index in [2.05, 4.69) is 22.2 Å². The lowest BCUT2D eigenvalue weighted by molar-refractivity contribution is 0.0583. The van der Waals surface area contributed by atoms with E-state index in [9.17, 15) is 14.4 Å². The number of fused-ring (bicyclic) bond motifs is 1. The molecular weight excluding hydrogens is 576 g/mol. The topological polar surface area (TPSA) is 82.2 Å². The zero-order valence-corrected chi connectivity index (χ0v) is 27.2. The average molecular weight is 625 g/mol. The summed E-state index contributed by atoms with van der Waals surface area (Å²) in [6.45, 7) is 5.17. The summed E-state index contributed by atoms with van der Waals surface area (Å²) in [5, 5.41) is 2.96. The number of rotatable bonds is 16. The lowest BCUT2D eigenvalue weighted by Gasteiger charge is -2.31. The van der Waals surface area contributed by atoms with Crippen molar-refractivity contribution in [1.82, 2.24) is 14.7 Å². The predicted octanol–water partition coefficient (Wildman–Crippen LogP) is 7.33. The Hall–Kier alpha value is -4.01. The smallest absolute Gasteiger partial charge is 0.411 e. The molecule has 5 rings (SSSR count). The molecule has 1 N–H and O–H groups in total. The van der Waals surface area contributed by atoms with Crippen LogP contribution in [0.5, 0.6) is 0 Å². The van der Waals surface area contributed by atoms with Gasteiger partial charge in [0.05, 0.1) is 16.8 Å². The summed E-state index contributed by atoms with van der Waals surface area (Å²) in [5.41, 5.74) is 3.85. The van der Waals surface area contributed by atoms with Crippen molar-refractivity contribution in [3.05, 3.63) is 90.0 Å². The highest BCUT2D eigenvalue weighted by Gasteiger charge is 2.34. The maximum absolute atomic E-state index is 12.7. The molecule has 3 aromatic carbocycles. The van der Waals surface area contributed by atoms with Crippen LogP contribution in [0.1, 0.15) is 78.5 Å². The van der Waals surface area contributed by atoms with Gasteiger partial charge >= 0.3 is 6.09 Å². The van der Waals surface area contributed by atoms with Gasteiger partial charge in [-0.2, -0.15) is 0 Å². The van der Waals surface area contributed by atoms with Gasteiger partial charge in [-0.3, -0.25) is 19.8 Å². The van der Waals surface area contributed by atoms with E-state index in [1.54, 1.807) is 24.3 Å². The Bertz CT molecular complexity index is 1400. The van der Waals surface area contributed by atoms with E-state index in [0.717, 1.165) is 62.3 Å². The number of likely N-dealkylation sites (N-methyl/N-ethyl adjacent to an activating group) is 1. The molecule has 0 bridgehead atoms. The van der Waals surface area contributed by atoms with Gasteiger partial charge in [0.1, 0.15) is 6.10 Å². The molecule has 2 aliphatic rings. The minimum Gasteiger partial charge on any atom is -0.446 e. The number of hydrogen-bond donors (Lipinski definition) is 1. The van der Waals surface area contributed by atoms with Gasteiger partial charge in [-0.1, -0.05) is 92.8 Å². The highest BCUT2D eigenvalue weighted by Crippen LogP contribution is 2.28. The second kappa shape index (κ2) is 17.1. The molecule has 8 nitrogen and oxygen atoms in total. The van der Waals surface area contributed by atoms with Crippen molar-refractivity contribution in [2.24, 2.45) is 0 Å². The fourth-order valence-corrected chi connectivity index (χ4v) is 6.43. The first-order valence-corrected chi connectivity index (χ1v) is 17.0. The summed E-state index contributed by atoms with van der Waals surface area (Å²) in [5.74, 6) is -0.344. The monoisotopic (exact) mass is 624 g/mol. The number of piperidine rings is 1. The fourth-order valence-electron chi connectivity index (χ4n) is 6.43. The van der Waals surface area contributed by atoms with Gasteiger partial charge in [0, 0.05) is 31.7 Å². The van der Waals surface area contributed by atoms with Crippen molar-refractivity contribution in [2.75, 3.05) is 51.6 Å². The molecule has 0 aliphatic carbocycles. The van der Waals surface area contributed by atoms with Crippen LogP contribution in [0.4, 0.5) is 10.5 Å².